The summed E-state index contributed by atoms with van der Waals surface area (Å²) in [5.41, 5.74) is 0. The maximum Gasteiger partial charge on any atom is 0.306 e. The molecule has 30 heavy (non-hydrogen) atoms. The van der Waals surface area contributed by atoms with Gasteiger partial charge >= 0.3 is 11.9 Å². The Kier molecular flexibility index (Phi) is 20.4. The third-order valence-electron chi connectivity index (χ3n) is 6.17. The van der Waals surface area contributed by atoms with Crippen molar-refractivity contribution in [3.05, 3.63) is 0 Å². The van der Waals surface area contributed by atoms with E-state index in [-0.39, 0.29) is 17.8 Å². The number of carboxylic acids is 1. The first-order chi connectivity index (χ1) is 14.5. The standard InChI is InChI=1S/C26H50O4/c1-4-6-8-12-17-21-25(27)30-22-18-14-11-10-13-15-19-23(3)24(26(28)29)20-16-9-7-5-2/h23-24H,4-22H2,1-3H3,(H,28,29). The average molecular weight is 427 g/mol. The van der Waals surface area contributed by atoms with Crippen LogP contribution in [-0.2, 0) is 14.3 Å². The quantitative estimate of drug-likeness (QED) is 0.141. The molecule has 0 amide bonds. The SMILES string of the molecule is CCCCCCCC(=O)OCCCCCCCCC(C)C(CCCCCC)C(=O)O. The molecule has 4 heteroatoms. The Labute approximate surface area is 186 Å². The second-order valence-corrected chi connectivity index (χ2v) is 9.07. The summed E-state index contributed by atoms with van der Waals surface area (Å²) in [7, 11) is 0. The van der Waals surface area contributed by atoms with E-state index in [2.05, 4.69) is 20.8 Å². The maximum atomic E-state index is 11.7. The minimum Gasteiger partial charge on any atom is -0.481 e. The molecule has 2 atom stereocenters. The van der Waals surface area contributed by atoms with Crippen molar-refractivity contribution >= 4 is 11.9 Å². The molecular weight excluding hydrogens is 376 g/mol. The van der Waals surface area contributed by atoms with Gasteiger partial charge in [-0.05, 0) is 31.6 Å². The van der Waals surface area contributed by atoms with Gasteiger partial charge in [0.1, 0.15) is 0 Å². The third-order valence-corrected chi connectivity index (χ3v) is 6.17. The van der Waals surface area contributed by atoms with Crippen LogP contribution < -0.4 is 0 Å². The van der Waals surface area contributed by atoms with E-state index in [1.165, 1.54) is 51.4 Å². The normalized spacial score (nSPS) is 13.2. The molecule has 2 unspecified atom stereocenters. The number of hydrogen-bond donors (Lipinski definition) is 1. The highest BCUT2D eigenvalue weighted by atomic mass is 16.5. The lowest BCUT2D eigenvalue weighted by molar-refractivity contribution is -0.144. The van der Waals surface area contributed by atoms with Gasteiger partial charge in [0.2, 0.25) is 0 Å². The predicted octanol–water partition coefficient (Wildman–Crippen LogP) is 7.93. The van der Waals surface area contributed by atoms with Crippen molar-refractivity contribution in [1.82, 2.24) is 0 Å². The Balaban J connectivity index is 3.58. The largest absolute Gasteiger partial charge is 0.481 e. The monoisotopic (exact) mass is 426 g/mol. The fourth-order valence-electron chi connectivity index (χ4n) is 4.05. The van der Waals surface area contributed by atoms with Crippen molar-refractivity contribution in [2.45, 2.75) is 136 Å². The topological polar surface area (TPSA) is 63.6 Å². The van der Waals surface area contributed by atoms with Gasteiger partial charge in [0.05, 0.1) is 12.5 Å². The van der Waals surface area contributed by atoms with E-state index in [1.54, 1.807) is 0 Å². The second kappa shape index (κ2) is 21.2. The average Bonchev–Trinajstić information content (AvgIpc) is 2.71. The van der Waals surface area contributed by atoms with Crippen LogP contribution in [0.5, 0.6) is 0 Å². The van der Waals surface area contributed by atoms with Gasteiger partial charge in [-0.25, -0.2) is 0 Å². The first kappa shape index (κ1) is 28.9. The molecule has 0 aliphatic heterocycles. The molecule has 0 heterocycles. The van der Waals surface area contributed by atoms with Crippen molar-refractivity contribution in [2.75, 3.05) is 6.61 Å². The lowest BCUT2D eigenvalue weighted by Crippen LogP contribution is -2.21. The minimum atomic E-state index is -0.616. The van der Waals surface area contributed by atoms with Crippen LogP contribution in [0, 0.1) is 11.8 Å². The van der Waals surface area contributed by atoms with Crippen molar-refractivity contribution in [1.29, 1.82) is 0 Å². The van der Waals surface area contributed by atoms with Crippen molar-refractivity contribution in [3.8, 4) is 0 Å². The molecule has 0 radical (unpaired) electrons. The highest BCUT2D eigenvalue weighted by Crippen LogP contribution is 2.25. The van der Waals surface area contributed by atoms with Gasteiger partial charge in [-0.3, -0.25) is 9.59 Å². The number of carboxylic acid groups (broad SMARTS) is 1. The van der Waals surface area contributed by atoms with Crippen LogP contribution in [0.25, 0.3) is 0 Å². The fraction of sp³-hybridized carbons (Fsp3) is 0.923. The molecule has 0 spiro atoms. The highest BCUT2D eigenvalue weighted by Gasteiger charge is 2.23. The number of hydrogen-bond acceptors (Lipinski definition) is 3. The number of esters is 1. The van der Waals surface area contributed by atoms with Crippen LogP contribution in [0.2, 0.25) is 0 Å². The zero-order valence-corrected chi connectivity index (χ0v) is 20.3. The van der Waals surface area contributed by atoms with Gasteiger partial charge in [-0.15, -0.1) is 0 Å². The molecule has 0 saturated heterocycles. The fourth-order valence-corrected chi connectivity index (χ4v) is 4.05. The summed E-state index contributed by atoms with van der Waals surface area (Å²) in [5, 5.41) is 9.51. The number of aliphatic carboxylic acids is 1. The summed E-state index contributed by atoms with van der Waals surface area (Å²) in [6.45, 7) is 7.04. The van der Waals surface area contributed by atoms with Crippen LogP contribution in [0.1, 0.15) is 136 Å². The van der Waals surface area contributed by atoms with Crippen LogP contribution in [0.3, 0.4) is 0 Å². The number of unbranched alkanes of at least 4 members (excludes halogenated alkanes) is 12. The Morgan fingerprint density at radius 2 is 1.20 bits per heavy atom. The van der Waals surface area contributed by atoms with Crippen LogP contribution in [-0.4, -0.2) is 23.7 Å². The summed E-state index contributed by atoms with van der Waals surface area (Å²) >= 11 is 0. The first-order valence-electron chi connectivity index (χ1n) is 12.9. The van der Waals surface area contributed by atoms with Crippen LogP contribution in [0.4, 0.5) is 0 Å². The lowest BCUT2D eigenvalue weighted by atomic mass is 9.85. The molecule has 0 saturated carbocycles. The molecule has 0 fully saturated rings. The molecule has 0 bridgehead atoms. The first-order valence-corrected chi connectivity index (χ1v) is 12.9. The van der Waals surface area contributed by atoms with E-state index in [9.17, 15) is 14.7 Å². The van der Waals surface area contributed by atoms with E-state index < -0.39 is 5.97 Å². The zero-order chi connectivity index (χ0) is 22.5. The molecule has 1 N–H and O–H groups in total. The minimum absolute atomic E-state index is 0.0387. The Bertz CT molecular complexity index is 408. The summed E-state index contributed by atoms with van der Waals surface area (Å²) in [5.74, 6) is -0.564. The predicted molar refractivity (Wildman–Crippen MR) is 126 cm³/mol. The molecule has 0 rings (SSSR count). The second-order valence-electron chi connectivity index (χ2n) is 9.07. The summed E-state index contributed by atoms with van der Waals surface area (Å²) in [4.78, 5) is 23.2. The van der Waals surface area contributed by atoms with Gasteiger partial charge in [0.25, 0.3) is 0 Å². The summed E-state index contributed by atoms with van der Waals surface area (Å²) < 4.78 is 5.31. The van der Waals surface area contributed by atoms with E-state index >= 15 is 0 Å². The number of carbonyl (C=O) groups excluding carboxylic acids is 1. The molecule has 178 valence electrons. The summed E-state index contributed by atoms with van der Waals surface area (Å²) in [6, 6.07) is 0. The molecule has 0 aromatic rings. The van der Waals surface area contributed by atoms with Gasteiger partial charge in [-0.2, -0.15) is 0 Å². The Morgan fingerprint density at radius 3 is 1.83 bits per heavy atom. The lowest BCUT2D eigenvalue weighted by Gasteiger charge is -2.20. The molecule has 0 aromatic heterocycles. The molecule has 0 aliphatic carbocycles. The van der Waals surface area contributed by atoms with E-state index in [1.807, 2.05) is 0 Å². The van der Waals surface area contributed by atoms with E-state index in [0.717, 1.165) is 57.8 Å². The van der Waals surface area contributed by atoms with Crippen molar-refractivity contribution in [2.24, 2.45) is 11.8 Å². The Hall–Kier alpha value is -1.06. The van der Waals surface area contributed by atoms with E-state index in [0.29, 0.717) is 13.0 Å². The van der Waals surface area contributed by atoms with Crippen LogP contribution in [0.15, 0.2) is 0 Å². The zero-order valence-electron chi connectivity index (χ0n) is 20.3. The highest BCUT2D eigenvalue weighted by molar-refractivity contribution is 5.70. The molecular formula is C26H50O4. The van der Waals surface area contributed by atoms with Crippen LogP contribution >= 0.6 is 0 Å². The van der Waals surface area contributed by atoms with Gasteiger partial charge in [0, 0.05) is 6.42 Å². The number of carbonyl (C=O) groups is 2. The third kappa shape index (κ3) is 17.8. The Morgan fingerprint density at radius 1 is 0.700 bits per heavy atom. The smallest absolute Gasteiger partial charge is 0.306 e. The summed E-state index contributed by atoms with van der Waals surface area (Å²) in [6.07, 6.45) is 19.5. The van der Waals surface area contributed by atoms with Gasteiger partial charge in [-0.1, -0.05) is 104 Å². The van der Waals surface area contributed by atoms with Crippen molar-refractivity contribution < 1.29 is 19.4 Å². The molecule has 0 aromatic carbocycles. The maximum absolute atomic E-state index is 11.7. The van der Waals surface area contributed by atoms with Crippen molar-refractivity contribution in [3.63, 3.8) is 0 Å². The molecule has 0 aliphatic rings. The van der Waals surface area contributed by atoms with Gasteiger partial charge in [0.15, 0.2) is 0 Å². The van der Waals surface area contributed by atoms with E-state index in [4.69, 9.17) is 4.74 Å². The molecule has 4 nitrogen and oxygen atoms in total. The number of ether oxygens (including phenoxy) is 1. The number of rotatable bonds is 22. The van der Waals surface area contributed by atoms with Gasteiger partial charge < -0.3 is 9.84 Å².